The summed E-state index contributed by atoms with van der Waals surface area (Å²) in [6.45, 7) is 2.14. The van der Waals surface area contributed by atoms with Gasteiger partial charge < -0.3 is 15.4 Å². The standard InChI is InChI=1S/C21H22F2N2O3/c1-14(15-3-2-4-18(23)13-15)25-12-11-21(28-20(25)27,10-9-19(24)26)16-5-7-17(22)8-6-16/h2-8,13-14H,9-12H2,1H3,(H2,24,26)/t14-,21+/m0/s1. The lowest BCUT2D eigenvalue weighted by molar-refractivity contribution is -0.121. The molecule has 0 aromatic heterocycles. The molecular formula is C21H22F2N2O3. The zero-order valence-corrected chi connectivity index (χ0v) is 15.5. The largest absolute Gasteiger partial charge is 0.438 e. The molecule has 2 amide bonds. The molecule has 3 rings (SSSR count). The van der Waals surface area contributed by atoms with Crippen molar-refractivity contribution in [1.29, 1.82) is 0 Å². The quantitative estimate of drug-likeness (QED) is 0.812. The monoisotopic (exact) mass is 388 g/mol. The number of halogens is 2. The first kappa shape index (κ1) is 19.8. The molecule has 1 aliphatic rings. The maximum Gasteiger partial charge on any atom is 0.411 e. The first-order valence-corrected chi connectivity index (χ1v) is 9.10. The van der Waals surface area contributed by atoms with E-state index in [1.165, 1.54) is 29.2 Å². The SMILES string of the molecule is C[C@@H](c1cccc(F)c1)N1CC[C@](CCC(N)=O)(c2ccc(F)cc2)OC1=O. The predicted molar refractivity (Wildman–Crippen MR) is 99.1 cm³/mol. The van der Waals surface area contributed by atoms with Crippen LogP contribution in [0.1, 0.15) is 43.4 Å². The number of carbonyl (C=O) groups excluding carboxylic acids is 2. The van der Waals surface area contributed by atoms with E-state index in [-0.39, 0.29) is 24.7 Å². The van der Waals surface area contributed by atoms with E-state index in [0.717, 1.165) is 0 Å². The molecule has 7 heteroatoms. The molecule has 0 aliphatic carbocycles. The summed E-state index contributed by atoms with van der Waals surface area (Å²) >= 11 is 0. The molecule has 1 fully saturated rings. The molecule has 0 unspecified atom stereocenters. The van der Waals surface area contributed by atoms with Gasteiger partial charge in [-0.05, 0) is 42.3 Å². The lowest BCUT2D eigenvalue weighted by Gasteiger charge is -2.43. The molecule has 2 aromatic rings. The lowest BCUT2D eigenvalue weighted by atomic mass is 9.84. The summed E-state index contributed by atoms with van der Waals surface area (Å²) in [5.41, 5.74) is 5.50. The minimum absolute atomic E-state index is 0.0319. The Bertz CT molecular complexity index is 872. The van der Waals surface area contributed by atoms with E-state index in [1.807, 2.05) is 0 Å². The van der Waals surface area contributed by atoms with Crippen LogP contribution in [-0.4, -0.2) is 23.4 Å². The van der Waals surface area contributed by atoms with Gasteiger partial charge in [0.2, 0.25) is 5.91 Å². The third kappa shape index (κ3) is 4.13. The maximum atomic E-state index is 13.5. The molecular weight excluding hydrogens is 366 g/mol. The van der Waals surface area contributed by atoms with E-state index in [0.29, 0.717) is 24.1 Å². The third-order valence-electron chi connectivity index (χ3n) is 5.22. The molecule has 1 saturated heterocycles. The second-order valence-corrected chi connectivity index (χ2v) is 7.01. The zero-order valence-electron chi connectivity index (χ0n) is 15.5. The molecule has 1 aliphatic heterocycles. The minimum Gasteiger partial charge on any atom is -0.438 e. The highest BCUT2D eigenvalue weighted by molar-refractivity contribution is 5.74. The number of nitrogens with zero attached hydrogens (tertiary/aromatic N) is 1. The molecule has 2 N–H and O–H groups in total. The summed E-state index contributed by atoms with van der Waals surface area (Å²) in [5.74, 6) is -1.29. The van der Waals surface area contributed by atoms with Crippen molar-refractivity contribution in [1.82, 2.24) is 4.90 Å². The van der Waals surface area contributed by atoms with Crippen LogP contribution in [0.15, 0.2) is 48.5 Å². The zero-order chi connectivity index (χ0) is 20.3. The summed E-state index contributed by atoms with van der Waals surface area (Å²) in [6, 6.07) is 11.4. The highest BCUT2D eigenvalue weighted by atomic mass is 19.1. The second kappa shape index (κ2) is 7.96. The molecule has 0 saturated carbocycles. The molecule has 2 aromatic carbocycles. The lowest BCUT2D eigenvalue weighted by Crippen LogP contribution is -2.49. The van der Waals surface area contributed by atoms with Crippen LogP contribution < -0.4 is 5.73 Å². The van der Waals surface area contributed by atoms with E-state index in [1.54, 1.807) is 31.2 Å². The van der Waals surface area contributed by atoms with Crippen LogP contribution in [-0.2, 0) is 15.1 Å². The van der Waals surface area contributed by atoms with Crippen LogP contribution in [0.2, 0.25) is 0 Å². The van der Waals surface area contributed by atoms with Crippen molar-refractivity contribution in [2.75, 3.05) is 6.54 Å². The van der Waals surface area contributed by atoms with Crippen LogP contribution in [0.5, 0.6) is 0 Å². The number of rotatable bonds is 6. The Balaban J connectivity index is 1.84. The number of benzene rings is 2. The summed E-state index contributed by atoms with van der Waals surface area (Å²) in [4.78, 5) is 25.6. The number of carbonyl (C=O) groups is 2. The van der Waals surface area contributed by atoms with E-state index in [2.05, 4.69) is 0 Å². The molecule has 2 atom stereocenters. The number of hydrogen-bond donors (Lipinski definition) is 1. The topological polar surface area (TPSA) is 72.6 Å². The average molecular weight is 388 g/mol. The van der Waals surface area contributed by atoms with E-state index in [4.69, 9.17) is 10.5 Å². The van der Waals surface area contributed by atoms with Crippen LogP contribution in [0, 0.1) is 11.6 Å². The molecule has 0 spiro atoms. The molecule has 5 nitrogen and oxygen atoms in total. The summed E-state index contributed by atoms with van der Waals surface area (Å²) in [6.07, 6.45) is 0.0698. The van der Waals surface area contributed by atoms with Gasteiger partial charge in [0.1, 0.15) is 17.2 Å². The second-order valence-electron chi connectivity index (χ2n) is 7.01. The highest BCUT2D eigenvalue weighted by Crippen LogP contribution is 2.40. The van der Waals surface area contributed by atoms with Gasteiger partial charge in [-0.3, -0.25) is 4.79 Å². The first-order valence-electron chi connectivity index (χ1n) is 9.10. The fourth-order valence-electron chi connectivity index (χ4n) is 3.57. The van der Waals surface area contributed by atoms with E-state index in [9.17, 15) is 18.4 Å². The van der Waals surface area contributed by atoms with Gasteiger partial charge in [-0.25, -0.2) is 13.6 Å². The van der Waals surface area contributed by atoms with Crippen molar-refractivity contribution < 1.29 is 23.1 Å². The summed E-state index contributed by atoms with van der Waals surface area (Å²) in [7, 11) is 0. The number of amides is 2. The highest BCUT2D eigenvalue weighted by Gasteiger charge is 2.43. The normalized spacial score (nSPS) is 20.5. The molecule has 0 radical (unpaired) electrons. The van der Waals surface area contributed by atoms with Crippen LogP contribution in [0.4, 0.5) is 13.6 Å². The van der Waals surface area contributed by atoms with Crippen molar-refractivity contribution in [3.8, 4) is 0 Å². The fraction of sp³-hybridized carbons (Fsp3) is 0.333. The Morgan fingerprint density at radius 3 is 2.54 bits per heavy atom. The van der Waals surface area contributed by atoms with Gasteiger partial charge in [-0.1, -0.05) is 24.3 Å². The first-order chi connectivity index (χ1) is 13.3. The number of cyclic esters (lactones) is 1. The van der Waals surface area contributed by atoms with Gasteiger partial charge in [0, 0.05) is 25.8 Å². The molecule has 148 valence electrons. The maximum absolute atomic E-state index is 13.5. The Hall–Kier alpha value is -2.96. The Morgan fingerprint density at radius 2 is 1.93 bits per heavy atom. The van der Waals surface area contributed by atoms with Crippen LogP contribution in [0.3, 0.4) is 0 Å². The number of nitrogens with two attached hydrogens (primary N) is 1. The number of ether oxygens (including phenoxy) is 1. The Labute approximate surface area is 162 Å². The van der Waals surface area contributed by atoms with Crippen molar-refractivity contribution in [3.05, 3.63) is 71.3 Å². The van der Waals surface area contributed by atoms with Gasteiger partial charge >= 0.3 is 6.09 Å². The molecule has 28 heavy (non-hydrogen) atoms. The summed E-state index contributed by atoms with van der Waals surface area (Å²) < 4.78 is 32.7. The molecule has 0 bridgehead atoms. The smallest absolute Gasteiger partial charge is 0.411 e. The van der Waals surface area contributed by atoms with E-state index >= 15 is 0 Å². The Kier molecular flexibility index (Phi) is 5.63. The molecule has 1 heterocycles. The van der Waals surface area contributed by atoms with Crippen molar-refractivity contribution in [2.24, 2.45) is 5.73 Å². The van der Waals surface area contributed by atoms with Crippen molar-refractivity contribution >= 4 is 12.0 Å². The van der Waals surface area contributed by atoms with Gasteiger partial charge in [-0.15, -0.1) is 0 Å². The third-order valence-corrected chi connectivity index (χ3v) is 5.22. The van der Waals surface area contributed by atoms with Crippen LogP contribution in [0.25, 0.3) is 0 Å². The summed E-state index contributed by atoms with van der Waals surface area (Å²) in [5, 5.41) is 0. The predicted octanol–water partition coefficient (Wildman–Crippen LogP) is 4.03. The van der Waals surface area contributed by atoms with E-state index < -0.39 is 23.4 Å². The number of primary amides is 1. The van der Waals surface area contributed by atoms with Gasteiger partial charge in [-0.2, -0.15) is 0 Å². The average Bonchev–Trinajstić information content (AvgIpc) is 2.66. The fourth-order valence-corrected chi connectivity index (χ4v) is 3.57. The Morgan fingerprint density at radius 1 is 1.21 bits per heavy atom. The van der Waals surface area contributed by atoms with Gasteiger partial charge in [0.15, 0.2) is 0 Å². The van der Waals surface area contributed by atoms with Crippen molar-refractivity contribution in [3.63, 3.8) is 0 Å². The van der Waals surface area contributed by atoms with Crippen molar-refractivity contribution in [2.45, 2.75) is 37.8 Å². The van der Waals surface area contributed by atoms with Gasteiger partial charge in [0.05, 0.1) is 6.04 Å². The van der Waals surface area contributed by atoms with Crippen LogP contribution >= 0.6 is 0 Å². The minimum atomic E-state index is -1.06. The van der Waals surface area contributed by atoms with Gasteiger partial charge in [0.25, 0.3) is 0 Å². The number of hydrogen-bond acceptors (Lipinski definition) is 3.